The molecule has 1 fully saturated rings. The van der Waals surface area contributed by atoms with Crippen LogP contribution in [0.3, 0.4) is 0 Å². The molecule has 1 aliphatic carbocycles. The van der Waals surface area contributed by atoms with Crippen molar-refractivity contribution in [1.29, 1.82) is 0 Å². The summed E-state index contributed by atoms with van der Waals surface area (Å²) in [7, 11) is 0. The van der Waals surface area contributed by atoms with Gasteiger partial charge in [-0.3, -0.25) is 14.6 Å². The molecule has 0 radical (unpaired) electrons. The van der Waals surface area contributed by atoms with E-state index < -0.39 is 11.7 Å². The Morgan fingerprint density at radius 3 is 2.62 bits per heavy atom. The number of rotatable bonds is 4. The largest absolute Gasteiger partial charge is 0.299 e. The van der Waals surface area contributed by atoms with Crippen LogP contribution in [0.25, 0.3) is 0 Å². The number of carbonyl (C=O) groups is 2. The van der Waals surface area contributed by atoms with Gasteiger partial charge in [0, 0.05) is 5.92 Å². The molecule has 0 aromatic carbocycles. The molecule has 1 aromatic heterocycles. The predicted molar refractivity (Wildman–Crippen MR) is 55.4 cm³/mol. The van der Waals surface area contributed by atoms with Gasteiger partial charge in [-0.1, -0.05) is 0 Å². The molecule has 1 saturated carbocycles. The van der Waals surface area contributed by atoms with E-state index in [1.165, 1.54) is 12.1 Å². The van der Waals surface area contributed by atoms with Crippen LogP contribution in [0.15, 0.2) is 18.3 Å². The number of Topliss-reactive ketones (excluding diaryl/α,β-unsaturated/α-hetero) is 2. The summed E-state index contributed by atoms with van der Waals surface area (Å²) < 4.78 is 12.6. The number of halogens is 1. The molecule has 1 heterocycles. The molecule has 0 N–H and O–H groups in total. The fourth-order valence-corrected chi connectivity index (χ4v) is 1.59. The Morgan fingerprint density at radius 1 is 1.44 bits per heavy atom. The first-order valence-electron chi connectivity index (χ1n) is 5.29. The van der Waals surface area contributed by atoms with E-state index in [4.69, 9.17) is 0 Å². The molecule has 0 spiro atoms. The highest BCUT2D eigenvalue weighted by Crippen LogP contribution is 2.33. The molecule has 1 aliphatic rings. The Kier molecular flexibility index (Phi) is 2.81. The third-order valence-corrected chi connectivity index (χ3v) is 2.78. The van der Waals surface area contributed by atoms with Gasteiger partial charge in [-0.25, -0.2) is 4.39 Å². The molecule has 0 aliphatic heterocycles. The van der Waals surface area contributed by atoms with Crippen molar-refractivity contribution in [2.75, 3.05) is 0 Å². The van der Waals surface area contributed by atoms with E-state index in [2.05, 4.69) is 4.98 Å². The zero-order valence-corrected chi connectivity index (χ0v) is 8.94. The van der Waals surface area contributed by atoms with Crippen molar-refractivity contribution in [2.45, 2.75) is 19.8 Å². The second-order valence-corrected chi connectivity index (χ2v) is 4.12. The number of aromatic nitrogens is 1. The van der Waals surface area contributed by atoms with Gasteiger partial charge in [0.15, 0.2) is 5.78 Å². The lowest BCUT2D eigenvalue weighted by atomic mass is 9.96. The second kappa shape index (κ2) is 4.12. The summed E-state index contributed by atoms with van der Waals surface area (Å²) in [6.07, 6.45) is 2.75. The highest BCUT2D eigenvalue weighted by molar-refractivity contribution is 6.10. The molecule has 3 nitrogen and oxygen atoms in total. The topological polar surface area (TPSA) is 47.0 Å². The van der Waals surface area contributed by atoms with Crippen molar-refractivity contribution in [2.24, 2.45) is 11.8 Å². The molecule has 0 amide bonds. The molecule has 4 heteroatoms. The van der Waals surface area contributed by atoms with Crippen molar-refractivity contribution in [1.82, 2.24) is 4.98 Å². The van der Waals surface area contributed by atoms with Crippen molar-refractivity contribution in [3.05, 3.63) is 29.8 Å². The van der Waals surface area contributed by atoms with Gasteiger partial charge in [0.2, 0.25) is 0 Å². The number of nitrogens with zero attached hydrogens (tertiary/aromatic N) is 1. The number of carbonyl (C=O) groups excluding carboxylic acids is 2. The highest BCUT2D eigenvalue weighted by Gasteiger charge is 2.36. The molecule has 0 bridgehead atoms. The summed E-state index contributed by atoms with van der Waals surface area (Å²) in [6, 6.07) is 2.49. The molecule has 1 unspecified atom stereocenters. The predicted octanol–water partition coefficient (Wildman–Crippen LogP) is 2.02. The lowest BCUT2D eigenvalue weighted by molar-refractivity contribution is -0.122. The first-order chi connectivity index (χ1) is 7.59. The highest BCUT2D eigenvalue weighted by atomic mass is 19.1. The molecule has 0 saturated heterocycles. The van der Waals surface area contributed by atoms with E-state index in [0.29, 0.717) is 0 Å². The zero-order valence-electron chi connectivity index (χ0n) is 8.94. The maximum absolute atomic E-state index is 12.6. The van der Waals surface area contributed by atoms with Crippen LogP contribution in [-0.4, -0.2) is 16.6 Å². The minimum Gasteiger partial charge on any atom is -0.299 e. The van der Waals surface area contributed by atoms with E-state index in [0.717, 1.165) is 19.0 Å². The van der Waals surface area contributed by atoms with Crippen molar-refractivity contribution in [3.8, 4) is 0 Å². The molecule has 2 rings (SSSR count). The maximum atomic E-state index is 12.6. The molecule has 16 heavy (non-hydrogen) atoms. The van der Waals surface area contributed by atoms with E-state index in [-0.39, 0.29) is 23.2 Å². The standard InChI is InChI=1S/C12H12FNO2/c1-7(11(15)8-2-3-8)12(16)10-5-4-9(13)6-14-10/h4-8H,2-3H2,1H3. The van der Waals surface area contributed by atoms with Gasteiger partial charge in [0.1, 0.15) is 17.3 Å². The van der Waals surface area contributed by atoms with E-state index in [1.807, 2.05) is 0 Å². The van der Waals surface area contributed by atoms with Gasteiger partial charge < -0.3 is 0 Å². The van der Waals surface area contributed by atoms with Crippen LogP contribution in [0.5, 0.6) is 0 Å². The quantitative estimate of drug-likeness (QED) is 0.577. The minimum atomic E-state index is -0.662. The number of pyridine rings is 1. The summed E-state index contributed by atoms with van der Waals surface area (Å²) in [5.74, 6) is -1.43. The van der Waals surface area contributed by atoms with Crippen molar-refractivity contribution < 1.29 is 14.0 Å². The maximum Gasteiger partial charge on any atom is 0.191 e. The average Bonchev–Trinajstić information content (AvgIpc) is 3.11. The Hall–Kier alpha value is -1.58. The normalized spacial score (nSPS) is 16.9. The Bertz CT molecular complexity index is 423. The summed E-state index contributed by atoms with van der Waals surface area (Å²) in [4.78, 5) is 27.2. The van der Waals surface area contributed by atoms with Crippen LogP contribution in [0.1, 0.15) is 30.3 Å². The number of hydrogen-bond acceptors (Lipinski definition) is 3. The summed E-state index contributed by atoms with van der Waals surface area (Å²) in [5.41, 5.74) is 0.155. The summed E-state index contributed by atoms with van der Waals surface area (Å²) in [5, 5.41) is 0. The fraction of sp³-hybridized carbons (Fsp3) is 0.417. The van der Waals surface area contributed by atoms with Gasteiger partial charge in [0.25, 0.3) is 0 Å². The Labute approximate surface area is 92.7 Å². The van der Waals surface area contributed by atoms with Crippen LogP contribution in [0, 0.1) is 17.7 Å². The molecule has 84 valence electrons. The Morgan fingerprint density at radius 2 is 2.12 bits per heavy atom. The van der Waals surface area contributed by atoms with Crippen LogP contribution in [0.4, 0.5) is 4.39 Å². The summed E-state index contributed by atoms with van der Waals surface area (Å²) >= 11 is 0. The van der Waals surface area contributed by atoms with Gasteiger partial charge in [-0.2, -0.15) is 0 Å². The number of ketones is 2. The zero-order chi connectivity index (χ0) is 11.7. The van der Waals surface area contributed by atoms with Crippen LogP contribution < -0.4 is 0 Å². The van der Waals surface area contributed by atoms with E-state index in [9.17, 15) is 14.0 Å². The third-order valence-electron chi connectivity index (χ3n) is 2.78. The minimum absolute atomic E-state index is 0.0175. The van der Waals surface area contributed by atoms with Gasteiger partial charge in [-0.15, -0.1) is 0 Å². The fourth-order valence-electron chi connectivity index (χ4n) is 1.59. The van der Waals surface area contributed by atoms with Crippen LogP contribution in [-0.2, 0) is 4.79 Å². The van der Waals surface area contributed by atoms with Gasteiger partial charge in [-0.05, 0) is 31.9 Å². The molecule has 1 atom stereocenters. The molecular formula is C12H12FNO2. The SMILES string of the molecule is CC(C(=O)c1ccc(F)cn1)C(=O)C1CC1. The van der Waals surface area contributed by atoms with Crippen molar-refractivity contribution >= 4 is 11.6 Å². The summed E-state index contributed by atoms with van der Waals surface area (Å²) in [6.45, 7) is 1.59. The molecular weight excluding hydrogens is 209 g/mol. The second-order valence-electron chi connectivity index (χ2n) is 4.12. The first kappa shape index (κ1) is 10.9. The lowest BCUT2D eigenvalue weighted by Gasteiger charge is -2.07. The monoisotopic (exact) mass is 221 g/mol. The Balaban J connectivity index is 2.11. The number of hydrogen-bond donors (Lipinski definition) is 0. The lowest BCUT2D eigenvalue weighted by Crippen LogP contribution is -2.23. The first-order valence-corrected chi connectivity index (χ1v) is 5.29. The van der Waals surface area contributed by atoms with Crippen LogP contribution >= 0.6 is 0 Å². The van der Waals surface area contributed by atoms with Gasteiger partial charge >= 0.3 is 0 Å². The van der Waals surface area contributed by atoms with E-state index >= 15 is 0 Å². The average molecular weight is 221 g/mol. The smallest absolute Gasteiger partial charge is 0.191 e. The van der Waals surface area contributed by atoms with Crippen LogP contribution in [0.2, 0.25) is 0 Å². The third kappa shape index (κ3) is 2.15. The van der Waals surface area contributed by atoms with Gasteiger partial charge in [0.05, 0.1) is 12.1 Å². The molecule has 1 aromatic rings. The van der Waals surface area contributed by atoms with Crippen molar-refractivity contribution in [3.63, 3.8) is 0 Å². The van der Waals surface area contributed by atoms with E-state index in [1.54, 1.807) is 6.92 Å².